The van der Waals surface area contributed by atoms with Crippen molar-refractivity contribution in [1.29, 1.82) is 0 Å². The van der Waals surface area contributed by atoms with E-state index in [1.807, 2.05) is 6.92 Å². The summed E-state index contributed by atoms with van der Waals surface area (Å²) in [6.07, 6.45) is 5.58. The number of anilines is 1. The smallest absolute Gasteiger partial charge is 0.304 e. The summed E-state index contributed by atoms with van der Waals surface area (Å²) in [6.45, 7) is 4.32. The zero-order valence-corrected chi connectivity index (χ0v) is 16.2. The topological polar surface area (TPSA) is 95.5 Å². The first kappa shape index (κ1) is 20.9. The van der Waals surface area contributed by atoms with Crippen molar-refractivity contribution in [1.82, 2.24) is 5.32 Å². The van der Waals surface area contributed by atoms with Gasteiger partial charge in [0.25, 0.3) is 5.91 Å². The lowest BCUT2D eigenvalue weighted by molar-refractivity contribution is -0.145. The standard InChI is InChI=1S/C21H30N2O4/c1-3-12-22-19(26)15-8-7-11-17(13-15)23-20(27)21(2,14-18(24)25)16-9-5-4-6-10-16/h7-8,11,13,16H,3-6,9-10,12,14H2,1-2H3,(H,22,26)(H,23,27)(H,24,25). The van der Waals surface area contributed by atoms with Gasteiger partial charge >= 0.3 is 5.97 Å². The van der Waals surface area contributed by atoms with E-state index in [0.29, 0.717) is 17.8 Å². The highest BCUT2D eigenvalue weighted by molar-refractivity contribution is 5.99. The summed E-state index contributed by atoms with van der Waals surface area (Å²) in [6, 6.07) is 6.76. The number of carboxylic acid groups (broad SMARTS) is 1. The van der Waals surface area contributed by atoms with Gasteiger partial charge in [-0.05, 0) is 50.3 Å². The Morgan fingerprint density at radius 2 is 1.89 bits per heavy atom. The largest absolute Gasteiger partial charge is 0.481 e. The van der Waals surface area contributed by atoms with Gasteiger partial charge in [-0.1, -0.05) is 32.3 Å². The van der Waals surface area contributed by atoms with E-state index >= 15 is 0 Å². The molecule has 1 saturated carbocycles. The van der Waals surface area contributed by atoms with Crippen LogP contribution in [0, 0.1) is 11.3 Å². The zero-order chi connectivity index (χ0) is 19.9. The van der Waals surface area contributed by atoms with E-state index in [1.165, 1.54) is 0 Å². The fourth-order valence-corrected chi connectivity index (χ4v) is 3.82. The summed E-state index contributed by atoms with van der Waals surface area (Å²) in [5.74, 6) is -1.39. The maximum Gasteiger partial charge on any atom is 0.304 e. The first-order valence-electron chi connectivity index (χ1n) is 9.78. The van der Waals surface area contributed by atoms with E-state index in [0.717, 1.165) is 38.5 Å². The van der Waals surface area contributed by atoms with Gasteiger partial charge in [-0.15, -0.1) is 0 Å². The second kappa shape index (κ2) is 9.53. The minimum absolute atomic E-state index is 0.0541. The molecule has 2 amide bonds. The molecular weight excluding hydrogens is 344 g/mol. The molecule has 1 atom stereocenters. The number of carbonyl (C=O) groups is 3. The zero-order valence-electron chi connectivity index (χ0n) is 16.2. The molecule has 1 aromatic rings. The van der Waals surface area contributed by atoms with Crippen LogP contribution in [-0.4, -0.2) is 29.4 Å². The molecule has 1 unspecified atom stereocenters. The number of hydrogen-bond acceptors (Lipinski definition) is 3. The maximum absolute atomic E-state index is 13.0. The third-order valence-electron chi connectivity index (χ3n) is 5.46. The van der Waals surface area contributed by atoms with Crippen LogP contribution < -0.4 is 10.6 Å². The third-order valence-corrected chi connectivity index (χ3v) is 5.46. The molecule has 0 spiro atoms. The van der Waals surface area contributed by atoms with Gasteiger partial charge in [0.05, 0.1) is 11.8 Å². The highest BCUT2D eigenvalue weighted by atomic mass is 16.4. The van der Waals surface area contributed by atoms with Crippen molar-refractivity contribution in [2.45, 2.75) is 58.8 Å². The summed E-state index contributed by atoms with van der Waals surface area (Å²) in [4.78, 5) is 36.6. The average Bonchev–Trinajstić information content (AvgIpc) is 2.66. The molecule has 6 heteroatoms. The molecule has 0 saturated heterocycles. The van der Waals surface area contributed by atoms with Gasteiger partial charge in [0.15, 0.2) is 0 Å². The Kier molecular flexibility index (Phi) is 7.39. The molecule has 0 aromatic heterocycles. The quantitative estimate of drug-likeness (QED) is 0.644. The van der Waals surface area contributed by atoms with Crippen molar-refractivity contribution in [2.75, 3.05) is 11.9 Å². The van der Waals surface area contributed by atoms with Gasteiger partial charge in [-0.2, -0.15) is 0 Å². The number of hydrogen-bond donors (Lipinski definition) is 3. The molecule has 1 fully saturated rings. The van der Waals surface area contributed by atoms with Gasteiger partial charge in [0.1, 0.15) is 0 Å². The minimum atomic E-state index is -0.967. The SMILES string of the molecule is CCCNC(=O)c1cccc(NC(=O)C(C)(CC(=O)O)C2CCCCC2)c1. The summed E-state index contributed by atoms with van der Waals surface area (Å²) in [5.41, 5.74) is 0.0163. The first-order valence-corrected chi connectivity index (χ1v) is 9.78. The molecule has 1 aliphatic carbocycles. The molecule has 1 aliphatic rings. The molecule has 0 heterocycles. The number of carbonyl (C=O) groups excluding carboxylic acids is 2. The number of carboxylic acids is 1. The van der Waals surface area contributed by atoms with E-state index in [2.05, 4.69) is 10.6 Å². The summed E-state index contributed by atoms with van der Waals surface area (Å²) < 4.78 is 0. The van der Waals surface area contributed by atoms with Gasteiger partial charge in [0, 0.05) is 17.8 Å². The van der Waals surface area contributed by atoms with Crippen molar-refractivity contribution >= 4 is 23.5 Å². The number of nitrogens with one attached hydrogen (secondary N) is 2. The second-order valence-electron chi connectivity index (χ2n) is 7.61. The van der Waals surface area contributed by atoms with Crippen LogP contribution >= 0.6 is 0 Å². The molecule has 148 valence electrons. The molecule has 0 aliphatic heterocycles. The van der Waals surface area contributed by atoms with Crippen molar-refractivity contribution in [3.8, 4) is 0 Å². The van der Waals surface area contributed by atoms with E-state index in [9.17, 15) is 19.5 Å². The van der Waals surface area contributed by atoms with Crippen molar-refractivity contribution < 1.29 is 19.5 Å². The Balaban J connectivity index is 2.16. The molecule has 6 nitrogen and oxygen atoms in total. The monoisotopic (exact) mass is 374 g/mol. The number of amides is 2. The van der Waals surface area contributed by atoms with E-state index in [-0.39, 0.29) is 24.2 Å². The predicted octanol–water partition coefficient (Wildman–Crippen LogP) is 3.83. The van der Waals surface area contributed by atoms with Crippen molar-refractivity contribution in [3.63, 3.8) is 0 Å². The van der Waals surface area contributed by atoms with E-state index in [4.69, 9.17) is 0 Å². The van der Waals surface area contributed by atoms with Crippen LogP contribution in [0.3, 0.4) is 0 Å². The van der Waals surface area contributed by atoms with Gasteiger partial charge in [-0.25, -0.2) is 0 Å². The van der Waals surface area contributed by atoms with Crippen LogP contribution in [0.25, 0.3) is 0 Å². The summed E-state index contributed by atoms with van der Waals surface area (Å²) in [7, 11) is 0. The van der Waals surface area contributed by atoms with Gasteiger partial charge in [-0.3, -0.25) is 14.4 Å². The van der Waals surface area contributed by atoms with Crippen LogP contribution in [-0.2, 0) is 9.59 Å². The number of aliphatic carboxylic acids is 1. The molecule has 27 heavy (non-hydrogen) atoms. The fourth-order valence-electron chi connectivity index (χ4n) is 3.82. The molecule has 2 rings (SSSR count). The second-order valence-corrected chi connectivity index (χ2v) is 7.61. The van der Waals surface area contributed by atoms with Crippen LogP contribution in [0.15, 0.2) is 24.3 Å². The van der Waals surface area contributed by atoms with Crippen LogP contribution in [0.5, 0.6) is 0 Å². The number of benzene rings is 1. The highest BCUT2D eigenvalue weighted by Crippen LogP contribution is 2.42. The Morgan fingerprint density at radius 1 is 1.19 bits per heavy atom. The Morgan fingerprint density at radius 3 is 2.52 bits per heavy atom. The Labute approximate surface area is 160 Å². The van der Waals surface area contributed by atoms with Crippen LogP contribution in [0.1, 0.15) is 69.2 Å². The molecule has 3 N–H and O–H groups in total. The van der Waals surface area contributed by atoms with Gasteiger partial charge < -0.3 is 15.7 Å². The first-order chi connectivity index (χ1) is 12.9. The summed E-state index contributed by atoms with van der Waals surface area (Å²) >= 11 is 0. The maximum atomic E-state index is 13.0. The van der Waals surface area contributed by atoms with Crippen LogP contribution in [0.2, 0.25) is 0 Å². The van der Waals surface area contributed by atoms with Crippen molar-refractivity contribution in [3.05, 3.63) is 29.8 Å². The Hall–Kier alpha value is -2.37. The third kappa shape index (κ3) is 5.55. The van der Waals surface area contributed by atoms with Gasteiger partial charge in [0.2, 0.25) is 5.91 Å². The highest BCUT2D eigenvalue weighted by Gasteiger charge is 2.43. The lowest BCUT2D eigenvalue weighted by Gasteiger charge is -2.37. The molecule has 0 bridgehead atoms. The normalized spacial score (nSPS) is 17.0. The van der Waals surface area contributed by atoms with Crippen molar-refractivity contribution in [2.24, 2.45) is 11.3 Å². The Bertz CT molecular complexity index is 683. The lowest BCUT2D eigenvalue weighted by atomic mass is 9.67. The molecule has 0 radical (unpaired) electrons. The molecular formula is C21H30N2O4. The van der Waals surface area contributed by atoms with Crippen LogP contribution in [0.4, 0.5) is 5.69 Å². The fraction of sp³-hybridized carbons (Fsp3) is 0.571. The predicted molar refractivity (Wildman–Crippen MR) is 105 cm³/mol. The average molecular weight is 374 g/mol. The summed E-state index contributed by atoms with van der Waals surface area (Å²) in [5, 5.41) is 15.0. The van der Waals surface area contributed by atoms with E-state index < -0.39 is 11.4 Å². The number of rotatable bonds is 8. The lowest BCUT2D eigenvalue weighted by Crippen LogP contribution is -2.42. The minimum Gasteiger partial charge on any atom is -0.481 e. The molecule has 1 aromatic carbocycles. The van der Waals surface area contributed by atoms with E-state index in [1.54, 1.807) is 31.2 Å².